The van der Waals surface area contributed by atoms with Crippen LogP contribution in [0.2, 0.25) is 0 Å². The Balaban J connectivity index is 1.28. The van der Waals surface area contributed by atoms with Crippen molar-refractivity contribution in [2.75, 3.05) is 33.3 Å². The summed E-state index contributed by atoms with van der Waals surface area (Å²) in [7, 11) is 1.85. The maximum Gasteiger partial charge on any atom is 0.191 e. The monoisotopic (exact) mass is 392 g/mol. The predicted octanol–water partition coefficient (Wildman–Crippen LogP) is 3.62. The van der Waals surface area contributed by atoms with Crippen molar-refractivity contribution in [2.24, 2.45) is 4.99 Å². The first-order chi connectivity index (χ1) is 13.3. The fourth-order valence-electron chi connectivity index (χ4n) is 4.07. The van der Waals surface area contributed by atoms with Gasteiger partial charge in [-0.3, -0.25) is 9.89 Å². The highest BCUT2D eigenvalue weighted by molar-refractivity contribution is 7.07. The van der Waals surface area contributed by atoms with E-state index in [2.05, 4.69) is 37.4 Å². The van der Waals surface area contributed by atoms with Crippen molar-refractivity contribution in [3.05, 3.63) is 22.4 Å². The van der Waals surface area contributed by atoms with Crippen LogP contribution in [0, 0.1) is 0 Å². The van der Waals surface area contributed by atoms with E-state index in [-0.39, 0.29) is 0 Å². The van der Waals surface area contributed by atoms with Gasteiger partial charge in [-0.1, -0.05) is 25.7 Å². The molecule has 1 aliphatic carbocycles. The van der Waals surface area contributed by atoms with Crippen LogP contribution in [0.5, 0.6) is 0 Å². The first-order valence-electron chi connectivity index (χ1n) is 10.7. The van der Waals surface area contributed by atoms with Gasteiger partial charge in [-0.2, -0.15) is 11.3 Å². The van der Waals surface area contributed by atoms with Gasteiger partial charge >= 0.3 is 0 Å². The zero-order valence-corrected chi connectivity index (χ0v) is 17.6. The zero-order chi connectivity index (χ0) is 18.7. The third-order valence-corrected chi connectivity index (χ3v) is 6.42. The number of piperidine rings is 1. The minimum absolute atomic E-state index is 0.469. The van der Waals surface area contributed by atoms with Crippen molar-refractivity contribution in [3.8, 4) is 0 Å². The number of nitrogens with one attached hydrogen (secondary N) is 2. The summed E-state index contributed by atoms with van der Waals surface area (Å²) in [5, 5.41) is 11.4. The Morgan fingerprint density at radius 1 is 1.19 bits per heavy atom. The van der Waals surface area contributed by atoms with E-state index in [9.17, 15) is 0 Å². The first-order valence-corrected chi connectivity index (χ1v) is 11.6. The molecule has 5 nitrogen and oxygen atoms in total. The van der Waals surface area contributed by atoms with Crippen molar-refractivity contribution < 1.29 is 4.74 Å². The van der Waals surface area contributed by atoms with Gasteiger partial charge in [0, 0.05) is 39.3 Å². The fraction of sp³-hybridized carbons (Fsp3) is 0.762. The number of thiophene rings is 1. The molecule has 0 radical (unpaired) electrons. The van der Waals surface area contributed by atoms with E-state index in [1.165, 1.54) is 56.9 Å². The molecule has 0 bridgehead atoms. The molecule has 27 heavy (non-hydrogen) atoms. The summed E-state index contributed by atoms with van der Waals surface area (Å²) >= 11 is 1.79. The highest BCUT2D eigenvalue weighted by Gasteiger charge is 2.20. The lowest BCUT2D eigenvalue weighted by Crippen LogP contribution is -2.49. The van der Waals surface area contributed by atoms with Crippen molar-refractivity contribution in [2.45, 2.75) is 70.1 Å². The Morgan fingerprint density at radius 2 is 1.96 bits per heavy atom. The van der Waals surface area contributed by atoms with Gasteiger partial charge in [0.05, 0.1) is 12.7 Å². The van der Waals surface area contributed by atoms with E-state index in [1.54, 1.807) is 11.3 Å². The van der Waals surface area contributed by atoms with Crippen molar-refractivity contribution >= 4 is 17.3 Å². The second-order valence-corrected chi connectivity index (χ2v) is 8.59. The van der Waals surface area contributed by atoms with Gasteiger partial charge in [-0.05, 0) is 48.1 Å². The maximum absolute atomic E-state index is 6.06. The summed E-state index contributed by atoms with van der Waals surface area (Å²) in [6.07, 6.45) is 10.7. The Labute approximate surface area is 168 Å². The van der Waals surface area contributed by atoms with E-state index >= 15 is 0 Å². The van der Waals surface area contributed by atoms with Crippen LogP contribution >= 0.6 is 11.3 Å². The van der Waals surface area contributed by atoms with Crippen LogP contribution in [0.1, 0.15) is 56.9 Å². The average Bonchev–Trinajstić information content (AvgIpc) is 3.06. The summed E-state index contributed by atoms with van der Waals surface area (Å²) in [4.78, 5) is 6.94. The lowest BCUT2D eigenvalue weighted by molar-refractivity contribution is 0.0467. The van der Waals surface area contributed by atoms with Crippen LogP contribution in [-0.2, 0) is 11.3 Å². The molecule has 0 aromatic carbocycles. The van der Waals surface area contributed by atoms with Gasteiger partial charge in [0.1, 0.15) is 0 Å². The number of nitrogens with zero attached hydrogens (tertiary/aromatic N) is 2. The van der Waals surface area contributed by atoms with Crippen LogP contribution in [0.15, 0.2) is 21.8 Å². The van der Waals surface area contributed by atoms with Crippen molar-refractivity contribution in [1.29, 1.82) is 0 Å². The standard InChI is InChI=1S/C21H36N4OS/c1-22-21(23-11-14-26-20-6-4-2-3-5-7-20)24-19-8-12-25(13-9-19)16-18-10-15-27-17-18/h10,15,17,19-20H,2-9,11-14,16H2,1H3,(H2,22,23,24). The number of ether oxygens (including phenoxy) is 1. The van der Waals surface area contributed by atoms with Crippen molar-refractivity contribution in [1.82, 2.24) is 15.5 Å². The summed E-state index contributed by atoms with van der Waals surface area (Å²) in [5.74, 6) is 0.913. The van der Waals surface area contributed by atoms with Gasteiger partial charge < -0.3 is 15.4 Å². The van der Waals surface area contributed by atoms with Crippen molar-refractivity contribution in [3.63, 3.8) is 0 Å². The van der Waals surface area contributed by atoms with Crippen LogP contribution in [0.4, 0.5) is 0 Å². The van der Waals surface area contributed by atoms with Gasteiger partial charge in [0.15, 0.2) is 5.96 Å². The molecule has 2 N–H and O–H groups in total. The van der Waals surface area contributed by atoms with E-state index in [0.29, 0.717) is 12.1 Å². The SMILES string of the molecule is CN=C(NCCOC1CCCCCC1)NC1CCN(Cc2ccsc2)CC1. The molecule has 1 saturated heterocycles. The molecule has 6 heteroatoms. The molecular formula is C21H36N4OS. The smallest absolute Gasteiger partial charge is 0.191 e. The number of guanidine groups is 1. The lowest BCUT2D eigenvalue weighted by atomic mass is 10.0. The lowest BCUT2D eigenvalue weighted by Gasteiger charge is -2.33. The van der Waals surface area contributed by atoms with Crippen LogP contribution in [0.25, 0.3) is 0 Å². The van der Waals surface area contributed by atoms with E-state index in [4.69, 9.17) is 4.74 Å². The first kappa shape index (κ1) is 20.6. The third kappa shape index (κ3) is 7.43. The quantitative estimate of drug-likeness (QED) is 0.322. The topological polar surface area (TPSA) is 48.9 Å². The largest absolute Gasteiger partial charge is 0.376 e. The second kappa shape index (κ2) is 11.7. The van der Waals surface area contributed by atoms with Crippen LogP contribution in [0.3, 0.4) is 0 Å². The van der Waals surface area contributed by atoms with Gasteiger partial charge in [-0.15, -0.1) is 0 Å². The molecule has 1 aromatic heterocycles. The molecule has 0 unspecified atom stereocenters. The molecule has 0 atom stereocenters. The summed E-state index contributed by atoms with van der Waals surface area (Å²) in [6, 6.07) is 2.75. The fourth-order valence-corrected chi connectivity index (χ4v) is 4.73. The number of hydrogen-bond acceptors (Lipinski definition) is 4. The molecular weight excluding hydrogens is 356 g/mol. The maximum atomic E-state index is 6.06. The van der Waals surface area contributed by atoms with E-state index < -0.39 is 0 Å². The van der Waals surface area contributed by atoms with Gasteiger partial charge in [0.2, 0.25) is 0 Å². The van der Waals surface area contributed by atoms with Gasteiger partial charge in [-0.25, -0.2) is 0 Å². The Hall–Kier alpha value is -1.11. The molecule has 1 saturated carbocycles. The number of aliphatic imine (C=N–C) groups is 1. The Kier molecular flexibility index (Phi) is 8.91. The summed E-state index contributed by atoms with van der Waals surface area (Å²) in [6.45, 7) is 4.98. The Morgan fingerprint density at radius 3 is 2.63 bits per heavy atom. The highest BCUT2D eigenvalue weighted by Crippen LogP contribution is 2.19. The second-order valence-electron chi connectivity index (χ2n) is 7.81. The van der Waals surface area contributed by atoms with Crippen LogP contribution < -0.4 is 10.6 Å². The van der Waals surface area contributed by atoms with E-state index in [1.807, 2.05) is 7.05 Å². The molecule has 1 aliphatic heterocycles. The highest BCUT2D eigenvalue weighted by atomic mass is 32.1. The minimum Gasteiger partial charge on any atom is -0.376 e. The molecule has 2 aliphatic rings. The molecule has 1 aromatic rings. The Bertz CT molecular complexity index is 532. The molecule has 2 heterocycles. The predicted molar refractivity (Wildman–Crippen MR) is 115 cm³/mol. The molecule has 0 amide bonds. The number of rotatable bonds is 7. The third-order valence-electron chi connectivity index (χ3n) is 5.69. The number of hydrogen-bond donors (Lipinski definition) is 2. The molecule has 0 spiro atoms. The molecule has 3 rings (SSSR count). The van der Waals surface area contributed by atoms with E-state index in [0.717, 1.165) is 38.7 Å². The summed E-state index contributed by atoms with van der Waals surface area (Å²) in [5.41, 5.74) is 1.44. The molecule has 2 fully saturated rings. The normalized spacial score (nSPS) is 21.1. The van der Waals surface area contributed by atoms with Gasteiger partial charge in [0.25, 0.3) is 0 Å². The number of likely N-dealkylation sites (tertiary alicyclic amines) is 1. The minimum atomic E-state index is 0.469. The average molecular weight is 393 g/mol. The summed E-state index contributed by atoms with van der Waals surface area (Å²) < 4.78 is 6.06. The zero-order valence-electron chi connectivity index (χ0n) is 16.8. The molecule has 152 valence electrons. The van der Waals surface area contributed by atoms with Crippen LogP contribution in [-0.4, -0.2) is 56.3 Å².